The van der Waals surface area contributed by atoms with Crippen LogP contribution in [0.15, 0.2) is 75.7 Å². The van der Waals surface area contributed by atoms with Gasteiger partial charge in [-0.1, -0.05) is 23.7 Å². The number of rotatable bonds is 5. The Balaban J connectivity index is 1.65. The number of ketones is 1. The summed E-state index contributed by atoms with van der Waals surface area (Å²) in [5.74, 6) is -2.50. The van der Waals surface area contributed by atoms with Gasteiger partial charge in [-0.05, 0) is 41.8 Å². The number of nitrogens with zero attached hydrogens (tertiary/aromatic N) is 1. The van der Waals surface area contributed by atoms with Crippen molar-refractivity contribution >= 4 is 51.3 Å². The molecule has 2 aromatic heterocycles. The summed E-state index contributed by atoms with van der Waals surface area (Å²) in [5.41, 5.74) is 0.367. The van der Waals surface area contributed by atoms with Gasteiger partial charge in [0.25, 0.3) is 5.91 Å². The highest BCUT2D eigenvalue weighted by atomic mass is 35.5. The van der Waals surface area contributed by atoms with E-state index in [2.05, 4.69) is 0 Å². The lowest BCUT2D eigenvalue weighted by Gasteiger charge is -2.25. The molecule has 0 saturated carbocycles. The van der Waals surface area contributed by atoms with Crippen molar-refractivity contribution in [3.05, 3.63) is 92.8 Å². The van der Waals surface area contributed by atoms with Crippen LogP contribution >= 0.6 is 22.9 Å². The van der Waals surface area contributed by atoms with Crippen LogP contribution in [0, 0.1) is 5.82 Å². The van der Waals surface area contributed by atoms with Crippen LogP contribution in [0.1, 0.15) is 21.5 Å². The van der Waals surface area contributed by atoms with E-state index in [0.29, 0.717) is 26.6 Å². The summed E-state index contributed by atoms with van der Waals surface area (Å²) in [5, 5.41) is 13.5. The molecule has 1 N–H and O–H groups in total. The van der Waals surface area contributed by atoms with E-state index >= 15 is 0 Å². The molecular weight excluding hydrogens is 469 g/mol. The minimum absolute atomic E-state index is 0.0948. The highest BCUT2D eigenvalue weighted by Crippen LogP contribution is 2.44. The first-order chi connectivity index (χ1) is 15.9. The van der Waals surface area contributed by atoms with Crippen LogP contribution < -0.4 is 9.64 Å². The van der Waals surface area contributed by atoms with Gasteiger partial charge < -0.3 is 14.3 Å². The number of carbonyl (C=O) groups excluding carboxylic acids is 2. The van der Waals surface area contributed by atoms with Crippen LogP contribution in [0.2, 0.25) is 5.02 Å². The molecule has 1 aliphatic heterocycles. The molecule has 1 aliphatic rings. The normalized spacial score (nSPS) is 16.2. The Morgan fingerprint density at radius 1 is 1.21 bits per heavy atom. The highest BCUT2D eigenvalue weighted by molar-refractivity contribution is 7.10. The van der Waals surface area contributed by atoms with Gasteiger partial charge in [0.05, 0.1) is 12.7 Å². The van der Waals surface area contributed by atoms with Crippen molar-refractivity contribution in [2.45, 2.75) is 6.04 Å². The van der Waals surface area contributed by atoms with Gasteiger partial charge in [-0.3, -0.25) is 14.5 Å². The number of aliphatic hydroxyl groups is 1. The number of hydrogen-bond donors (Lipinski definition) is 1. The number of aliphatic hydroxyl groups excluding tert-OH is 1. The summed E-state index contributed by atoms with van der Waals surface area (Å²) in [7, 11) is 1.45. The third-order valence-electron chi connectivity index (χ3n) is 5.34. The van der Waals surface area contributed by atoms with E-state index in [1.165, 1.54) is 53.7 Å². The first-order valence-electron chi connectivity index (χ1n) is 9.76. The van der Waals surface area contributed by atoms with E-state index in [-0.39, 0.29) is 17.0 Å². The summed E-state index contributed by atoms with van der Waals surface area (Å²) in [6, 6.07) is 12.6. The standard InChI is InChI=1S/C24H15ClFNO5S/c1-31-17-10-13(25)8-12-9-16(32-23(12)17)21(28)19-20(18-6-3-7-33-18)27(24(30)22(19)29)15-5-2-4-14(26)11-15/h2-11,20,29H,1H3. The number of hydrogen-bond acceptors (Lipinski definition) is 6. The number of benzene rings is 2. The number of amides is 1. The van der Waals surface area contributed by atoms with Crippen molar-refractivity contribution in [2.24, 2.45) is 0 Å². The number of methoxy groups -OCH3 is 1. The van der Waals surface area contributed by atoms with Crippen molar-refractivity contribution < 1.29 is 28.2 Å². The second-order valence-electron chi connectivity index (χ2n) is 7.30. The Hall–Kier alpha value is -3.62. The Labute approximate surface area is 196 Å². The number of Topliss-reactive ketones (excluding diaryl/α,β-unsaturated/α-hetero) is 1. The number of anilines is 1. The van der Waals surface area contributed by atoms with Crippen LogP contribution in [0.5, 0.6) is 5.75 Å². The Morgan fingerprint density at radius 2 is 2.03 bits per heavy atom. The molecule has 0 spiro atoms. The van der Waals surface area contributed by atoms with Crippen molar-refractivity contribution in [1.82, 2.24) is 0 Å². The Bertz CT molecular complexity index is 1440. The molecule has 0 saturated heterocycles. The zero-order valence-electron chi connectivity index (χ0n) is 17.0. The van der Waals surface area contributed by atoms with Gasteiger partial charge in [-0.15, -0.1) is 11.3 Å². The first-order valence-corrected chi connectivity index (χ1v) is 11.0. The first kappa shape index (κ1) is 21.2. The maximum absolute atomic E-state index is 13.9. The molecule has 2 aromatic carbocycles. The maximum atomic E-state index is 13.9. The molecule has 1 amide bonds. The van der Waals surface area contributed by atoms with E-state index in [4.69, 9.17) is 20.8 Å². The average molecular weight is 484 g/mol. The number of fused-ring (bicyclic) bond motifs is 1. The monoisotopic (exact) mass is 483 g/mol. The molecule has 6 nitrogen and oxygen atoms in total. The zero-order valence-corrected chi connectivity index (χ0v) is 18.6. The predicted molar refractivity (Wildman–Crippen MR) is 123 cm³/mol. The molecule has 33 heavy (non-hydrogen) atoms. The van der Waals surface area contributed by atoms with E-state index in [0.717, 1.165) is 0 Å². The predicted octanol–water partition coefficient (Wildman–Crippen LogP) is 6.08. The molecular formula is C24H15ClFNO5S. The van der Waals surface area contributed by atoms with E-state index in [9.17, 15) is 19.1 Å². The summed E-state index contributed by atoms with van der Waals surface area (Å²) in [4.78, 5) is 28.5. The Kier molecular flexibility index (Phi) is 5.19. The smallest absolute Gasteiger partial charge is 0.294 e. The van der Waals surface area contributed by atoms with Crippen molar-refractivity contribution in [3.8, 4) is 5.75 Å². The van der Waals surface area contributed by atoms with Gasteiger partial charge in [0.2, 0.25) is 5.78 Å². The average Bonchev–Trinajstić information content (AvgIpc) is 3.52. The van der Waals surface area contributed by atoms with E-state index in [1.54, 1.807) is 29.6 Å². The third-order valence-corrected chi connectivity index (χ3v) is 6.49. The number of carbonyl (C=O) groups is 2. The molecule has 0 bridgehead atoms. The fourth-order valence-electron chi connectivity index (χ4n) is 3.93. The number of ether oxygens (including phenoxy) is 1. The molecule has 3 heterocycles. The van der Waals surface area contributed by atoms with Gasteiger partial charge in [-0.2, -0.15) is 0 Å². The topological polar surface area (TPSA) is 80.0 Å². The molecule has 1 unspecified atom stereocenters. The molecule has 5 rings (SSSR count). The lowest BCUT2D eigenvalue weighted by molar-refractivity contribution is -0.117. The van der Waals surface area contributed by atoms with Gasteiger partial charge in [0.1, 0.15) is 11.9 Å². The van der Waals surface area contributed by atoms with Gasteiger partial charge >= 0.3 is 0 Å². The van der Waals surface area contributed by atoms with Crippen molar-refractivity contribution in [3.63, 3.8) is 0 Å². The minimum atomic E-state index is -0.953. The van der Waals surface area contributed by atoms with E-state index < -0.39 is 29.3 Å². The number of thiophene rings is 1. The summed E-state index contributed by atoms with van der Waals surface area (Å²) in [6.07, 6.45) is 0. The minimum Gasteiger partial charge on any atom is -0.503 e. The van der Waals surface area contributed by atoms with E-state index in [1.807, 2.05) is 0 Å². The largest absolute Gasteiger partial charge is 0.503 e. The third kappa shape index (κ3) is 3.48. The zero-order chi connectivity index (χ0) is 23.3. The molecule has 1 atom stereocenters. The Morgan fingerprint density at radius 3 is 2.73 bits per heavy atom. The van der Waals surface area contributed by atoms with Crippen LogP contribution in [0.3, 0.4) is 0 Å². The molecule has 0 fully saturated rings. The second kappa shape index (κ2) is 8.06. The van der Waals surface area contributed by atoms with Crippen LogP contribution in [-0.2, 0) is 4.79 Å². The molecule has 0 aliphatic carbocycles. The van der Waals surface area contributed by atoms with Crippen LogP contribution in [0.4, 0.5) is 10.1 Å². The summed E-state index contributed by atoms with van der Waals surface area (Å²) >= 11 is 7.42. The quantitative estimate of drug-likeness (QED) is 0.348. The molecule has 9 heteroatoms. The maximum Gasteiger partial charge on any atom is 0.294 e. The second-order valence-corrected chi connectivity index (χ2v) is 8.72. The van der Waals surface area contributed by atoms with Crippen LogP contribution in [0.25, 0.3) is 11.0 Å². The lowest BCUT2D eigenvalue weighted by atomic mass is 10.00. The van der Waals surface area contributed by atoms with Gasteiger partial charge in [0.15, 0.2) is 22.9 Å². The molecule has 4 aromatic rings. The van der Waals surface area contributed by atoms with Crippen molar-refractivity contribution in [1.29, 1.82) is 0 Å². The molecule has 166 valence electrons. The number of halogens is 2. The molecule has 0 radical (unpaired) electrons. The number of furan rings is 1. The van der Waals surface area contributed by atoms with Crippen molar-refractivity contribution in [2.75, 3.05) is 12.0 Å². The summed E-state index contributed by atoms with van der Waals surface area (Å²) < 4.78 is 25.0. The fourth-order valence-corrected chi connectivity index (χ4v) is 4.97. The summed E-state index contributed by atoms with van der Waals surface area (Å²) in [6.45, 7) is 0. The fraction of sp³-hybridized carbons (Fsp3) is 0.0833. The van der Waals surface area contributed by atoms with Gasteiger partial charge in [0, 0.05) is 27.0 Å². The van der Waals surface area contributed by atoms with Crippen LogP contribution in [-0.4, -0.2) is 23.9 Å². The SMILES string of the molecule is COc1cc(Cl)cc2cc(C(=O)C3=C(O)C(=O)N(c4cccc(F)c4)C3c3cccs3)oc12. The highest BCUT2D eigenvalue weighted by Gasteiger charge is 2.46. The lowest BCUT2D eigenvalue weighted by Crippen LogP contribution is -2.30. The van der Waals surface area contributed by atoms with Gasteiger partial charge in [-0.25, -0.2) is 4.39 Å².